The lowest BCUT2D eigenvalue weighted by molar-refractivity contribution is -0.117. The zero-order valence-electron chi connectivity index (χ0n) is 37.2. The second-order valence-corrected chi connectivity index (χ2v) is 20.9. The predicted octanol–water partition coefficient (Wildman–Crippen LogP) is 13.8. The summed E-state index contributed by atoms with van der Waals surface area (Å²) in [7, 11) is 0. The van der Waals surface area contributed by atoms with E-state index in [1.165, 1.54) is 22.3 Å². The van der Waals surface area contributed by atoms with Crippen LogP contribution in [0.1, 0.15) is 131 Å². The lowest BCUT2D eigenvalue weighted by Gasteiger charge is -2.29. The highest BCUT2D eigenvalue weighted by Gasteiger charge is 2.32. The minimum atomic E-state index is -0.0452. The fraction of sp³-hybridized carbons (Fsp3) is 0.407. The normalized spacial score (nSPS) is 15.5. The molecular weight excluding hydrogens is 709 g/mol. The maximum absolute atomic E-state index is 13.9. The molecule has 0 radical (unpaired) electrons. The molecule has 2 aliphatic rings. The van der Waals surface area contributed by atoms with Gasteiger partial charge in [-0.25, -0.2) is 0 Å². The van der Waals surface area contributed by atoms with E-state index in [-0.39, 0.29) is 33.5 Å². The molecule has 0 aliphatic carbocycles. The van der Waals surface area contributed by atoms with Gasteiger partial charge in [-0.3, -0.25) is 9.59 Å². The van der Waals surface area contributed by atoms with E-state index in [2.05, 4.69) is 180 Å². The number of nitrogens with zero attached hydrogens (tertiary/aromatic N) is 2. The molecule has 58 heavy (non-hydrogen) atoms. The summed E-state index contributed by atoms with van der Waals surface area (Å²) in [5.74, 6) is 0.279. The van der Waals surface area contributed by atoms with Crippen molar-refractivity contribution in [2.24, 2.45) is 0 Å². The number of hydrogen-bond acceptors (Lipinski definition) is 2. The second kappa shape index (κ2) is 15.0. The Labute approximate surface area is 348 Å². The fourth-order valence-electron chi connectivity index (χ4n) is 8.50. The average molecular weight is 773 g/mol. The van der Waals surface area contributed by atoms with Crippen LogP contribution >= 0.6 is 0 Å². The zero-order valence-corrected chi connectivity index (χ0v) is 37.2. The highest BCUT2D eigenvalue weighted by molar-refractivity contribution is 6.08. The van der Waals surface area contributed by atoms with Crippen LogP contribution in [-0.2, 0) is 31.2 Å². The third-order valence-electron chi connectivity index (χ3n) is 12.2. The molecule has 5 aromatic carbocycles. The molecule has 0 aromatic heterocycles. The Kier molecular flexibility index (Phi) is 10.7. The van der Waals surface area contributed by atoms with E-state index in [0.29, 0.717) is 25.9 Å². The van der Waals surface area contributed by atoms with E-state index in [0.717, 1.165) is 68.7 Å². The van der Waals surface area contributed by atoms with Crippen molar-refractivity contribution in [1.82, 2.24) is 0 Å². The highest BCUT2D eigenvalue weighted by atomic mass is 16.2. The van der Waals surface area contributed by atoms with Crippen LogP contribution in [0.2, 0.25) is 0 Å². The maximum Gasteiger partial charge on any atom is 0.227 e. The van der Waals surface area contributed by atoms with E-state index < -0.39 is 0 Å². The number of anilines is 2. The summed E-state index contributed by atoms with van der Waals surface area (Å²) in [6, 6.07) is 35.9. The molecule has 302 valence electrons. The van der Waals surface area contributed by atoms with Crippen molar-refractivity contribution in [1.29, 1.82) is 0 Å². The van der Waals surface area contributed by atoms with Gasteiger partial charge in [-0.05, 0) is 102 Å². The Balaban J connectivity index is 1.54. The first-order valence-electron chi connectivity index (χ1n) is 21.4. The Morgan fingerprint density at radius 2 is 0.672 bits per heavy atom. The molecule has 0 spiro atoms. The first kappa shape index (κ1) is 41.2. The zero-order chi connectivity index (χ0) is 41.9. The first-order chi connectivity index (χ1) is 27.1. The van der Waals surface area contributed by atoms with Crippen LogP contribution in [0.25, 0.3) is 44.5 Å². The number of amides is 2. The van der Waals surface area contributed by atoms with Gasteiger partial charge < -0.3 is 9.80 Å². The molecule has 2 amide bonds. The van der Waals surface area contributed by atoms with Gasteiger partial charge in [-0.15, -0.1) is 0 Å². The molecule has 2 fully saturated rings. The molecule has 0 unspecified atom stereocenters. The second-order valence-electron chi connectivity index (χ2n) is 20.9. The topological polar surface area (TPSA) is 40.6 Å². The van der Waals surface area contributed by atoms with Crippen molar-refractivity contribution in [2.75, 3.05) is 22.9 Å². The van der Waals surface area contributed by atoms with Crippen LogP contribution in [0.15, 0.2) is 97.1 Å². The summed E-state index contributed by atoms with van der Waals surface area (Å²) < 4.78 is 0. The lowest BCUT2D eigenvalue weighted by Crippen LogP contribution is -2.27. The molecule has 5 aromatic rings. The largest absolute Gasteiger partial charge is 0.312 e. The van der Waals surface area contributed by atoms with E-state index in [1.54, 1.807) is 0 Å². The van der Waals surface area contributed by atoms with E-state index in [4.69, 9.17) is 0 Å². The van der Waals surface area contributed by atoms with Crippen LogP contribution in [0, 0.1) is 0 Å². The molecule has 0 bridgehead atoms. The summed E-state index contributed by atoms with van der Waals surface area (Å²) in [5, 5.41) is 0. The monoisotopic (exact) mass is 772 g/mol. The summed E-state index contributed by atoms with van der Waals surface area (Å²) in [6.07, 6.45) is 2.68. The number of hydrogen-bond donors (Lipinski definition) is 0. The Hall–Kier alpha value is -4.96. The molecule has 2 saturated heterocycles. The third-order valence-corrected chi connectivity index (χ3v) is 12.2. The minimum absolute atomic E-state index is 0.0452. The molecule has 4 nitrogen and oxygen atoms in total. The van der Waals surface area contributed by atoms with Crippen LogP contribution in [0.4, 0.5) is 11.4 Å². The SMILES string of the molecule is CC(C)(C)c1cc(-c2ccccc2-c2cc(N3CCCC3=O)c(-c3ccccc3-c3cc(C(C)(C)C)cc(C(C)(C)C)c3)cc2N2CCCC2=O)cc(C(C)(C)C)c1. The first-order valence-corrected chi connectivity index (χ1v) is 21.4. The van der Waals surface area contributed by atoms with Crippen molar-refractivity contribution >= 4 is 23.2 Å². The Morgan fingerprint density at radius 1 is 0.379 bits per heavy atom. The van der Waals surface area contributed by atoms with Gasteiger partial charge in [0.2, 0.25) is 11.8 Å². The van der Waals surface area contributed by atoms with Crippen molar-refractivity contribution in [3.8, 4) is 44.5 Å². The van der Waals surface area contributed by atoms with Crippen LogP contribution in [0.3, 0.4) is 0 Å². The molecule has 2 aliphatic heterocycles. The van der Waals surface area contributed by atoms with Crippen LogP contribution < -0.4 is 9.80 Å². The summed E-state index contributed by atoms with van der Waals surface area (Å²) in [5.41, 5.74) is 15.4. The molecular formula is C54H64N2O2. The van der Waals surface area contributed by atoms with Crippen molar-refractivity contribution in [3.63, 3.8) is 0 Å². The van der Waals surface area contributed by atoms with Gasteiger partial charge in [0.05, 0.1) is 11.4 Å². The standard InChI is InChI=1S/C54H64N2O2/c1-51(2,3)37-27-35(28-38(31-37)52(4,5)6)41-19-13-15-21-43(41)45-33-48(56-26-18-24-50(56)58)46(34-47(45)55-25-17-23-49(55)57)44-22-16-14-20-42(44)36-29-39(53(7,8)9)32-40(30-36)54(10,11)12/h13-16,19-22,27-34H,17-18,23-26H2,1-12H3. The summed E-state index contributed by atoms with van der Waals surface area (Å²) >= 11 is 0. The van der Waals surface area contributed by atoms with E-state index >= 15 is 0 Å². The van der Waals surface area contributed by atoms with Gasteiger partial charge >= 0.3 is 0 Å². The molecule has 0 N–H and O–H groups in total. The van der Waals surface area contributed by atoms with Gasteiger partial charge in [0.1, 0.15) is 0 Å². The number of carbonyl (C=O) groups excluding carboxylic acids is 2. The van der Waals surface area contributed by atoms with Crippen LogP contribution in [0.5, 0.6) is 0 Å². The third kappa shape index (κ3) is 8.17. The highest BCUT2D eigenvalue weighted by Crippen LogP contribution is 2.49. The predicted molar refractivity (Wildman–Crippen MR) is 246 cm³/mol. The molecule has 4 heteroatoms. The quantitative estimate of drug-likeness (QED) is 0.172. The van der Waals surface area contributed by atoms with E-state index in [1.807, 2.05) is 9.80 Å². The van der Waals surface area contributed by atoms with Gasteiger partial charge in [-0.1, -0.05) is 168 Å². The lowest BCUT2D eigenvalue weighted by atomic mass is 9.78. The fourth-order valence-corrected chi connectivity index (χ4v) is 8.50. The Morgan fingerprint density at radius 3 is 0.931 bits per heavy atom. The number of carbonyl (C=O) groups is 2. The number of rotatable bonds is 6. The molecule has 2 heterocycles. The summed E-state index contributed by atoms with van der Waals surface area (Å²) in [4.78, 5) is 31.7. The van der Waals surface area contributed by atoms with Gasteiger partial charge in [0.25, 0.3) is 0 Å². The van der Waals surface area contributed by atoms with Crippen molar-refractivity contribution in [2.45, 2.75) is 130 Å². The maximum atomic E-state index is 13.9. The van der Waals surface area contributed by atoms with Gasteiger partial charge in [-0.2, -0.15) is 0 Å². The van der Waals surface area contributed by atoms with Crippen molar-refractivity contribution in [3.05, 3.63) is 119 Å². The van der Waals surface area contributed by atoms with Crippen molar-refractivity contribution < 1.29 is 9.59 Å². The minimum Gasteiger partial charge on any atom is -0.312 e. The van der Waals surface area contributed by atoms with Crippen LogP contribution in [-0.4, -0.2) is 24.9 Å². The summed E-state index contributed by atoms with van der Waals surface area (Å²) in [6.45, 7) is 28.7. The number of benzene rings is 5. The molecule has 7 rings (SSSR count). The van der Waals surface area contributed by atoms with E-state index in [9.17, 15) is 9.59 Å². The van der Waals surface area contributed by atoms with Gasteiger partial charge in [0, 0.05) is 37.1 Å². The molecule has 0 atom stereocenters. The Bertz CT molecular complexity index is 2160. The average Bonchev–Trinajstić information content (AvgIpc) is 3.79. The smallest absolute Gasteiger partial charge is 0.227 e. The molecule has 0 saturated carbocycles. The van der Waals surface area contributed by atoms with Gasteiger partial charge in [0.15, 0.2) is 0 Å².